The van der Waals surface area contributed by atoms with Gasteiger partial charge < -0.3 is 0 Å². The summed E-state index contributed by atoms with van der Waals surface area (Å²) in [5.74, 6) is 0. The fraction of sp³-hybridized carbons (Fsp3) is 0.462. The molecular formula is C13H17NS. The lowest BCUT2D eigenvalue weighted by Gasteiger charge is -2.24. The molecule has 0 unspecified atom stereocenters. The zero-order valence-electron chi connectivity index (χ0n) is 9.58. The lowest BCUT2D eigenvalue weighted by Crippen LogP contribution is -2.16. The van der Waals surface area contributed by atoms with Crippen molar-refractivity contribution in [1.82, 2.24) is 4.98 Å². The molecule has 0 fully saturated rings. The van der Waals surface area contributed by atoms with E-state index in [9.17, 15) is 0 Å². The van der Waals surface area contributed by atoms with E-state index in [4.69, 9.17) is 0 Å². The predicted molar refractivity (Wildman–Crippen MR) is 67.6 cm³/mol. The van der Waals surface area contributed by atoms with Crippen molar-refractivity contribution >= 4 is 21.6 Å². The van der Waals surface area contributed by atoms with Gasteiger partial charge in [0, 0.05) is 0 Å². The van der Waals surface area contributed by atoms with Crippen LogP contribution in [0.25, 0.3) is 10.2 Å². The molecule has 0 bridgehead atoms. The molecule has 0 saturated heterocycles. The van der Waals surface area contributed by atoms with Crippen LogP contribution in [0.3, 0.4) is 0 Å². The quantitative estimate of drug-likeness (QED) is 0.746. The maximum atomic E-state index is 4.37. The monoisotopic (exact) mass is 219 g/mol. The van der Waals surface area contributed by atoms with Gasteiger partial charge in [0.1, 0.15) is 0 Å². The second-order valence-electron chi connectivity index (χ2n) is 4.67. The van der Waals surface area contributed by atoms with Crippen molar-refractivity contribution in [3.63, 3.8) is 0 Å². The van der Waals surface area contributed by atoms with Gasteiger partial charge in [-0.05, 0) is 29.5 Å². The Balaban J connectivity index is 2.42. The Morgan fingerprint density at radius 1 is 1.33 bits per heavy atom. The zero-order valence-corrected chi connectivity index (χ0v) is 10.4. The molecule has 1 aromatic carbocycles. The first-order valence-electron chi connectivity index (χ1n) is 5.47. The molecule has 0 aliphatic carbocycles. The minimum absolute atomic E-state index is 0.270. The van der Waals surface area contributed by atoms with Gasteiger partial charge in [-0.2, -0.15) is 0 Å². The van der Waals surface area contributed by atoms with Crippen molar-refractivity contribution in [3.05, 3.63) is 29.3 Å². The van der Waals surface area contributed by atoms with Crippen LogP contribution in [-0.4, -0.2) is 4.98 Å². The largest absolute Gasteiger partial charge is 0.245 e. The highest BCUT2D eigenvalue weighted by molar-refractivity contribution is 7.16. The van der Waals surface area contributed by atoms with Gasteiger partial charge >= 0.3 is 0 Å². The van der Waals surface area contributed by atoms with E-state index in [2.05, 4.69) is 44.0 Å². The van der Waals surface area contributed by atoms with Gasteiger partial charge in [-0.3, -0.25) is 0 Å². The minimum atomic E-state index is 0.270. The average Bonchev–Trinajstić information content (AvgIpc) is 2.63. The van der Waals surface area contributed by atoms with E-state index in [0.29, 0.717) is 0 Å². The molecule has 0 saturated carbocycles. The molecule has 2 heteroatoms. The van der Waals surface area contributed by atoms with E-state index in [1.165, 1.54) is 23.1 Å². The first kappa shape index (κ1) is 10.6. The topological polar surface area (TPSA) is 12.9 Å². The molecule has 0 amide bonds. The van der Waals surface area contributed by atoms with Crippen molar-refractivity contribution in [2.45, 2.75) is 39.0 Å². The summed E-state index contributed by atoms with van der Waals surface area (Å²) in [6.07, 6.45) is 2.45. The maximum absolute atomic E-state index is 4.37. The SMILES string of the molecule is CCCC(C)(C)c1ccc2scnc2c1. The molecule has 15 heavy (non-hydrogen) atoms. The van der Waals surface area contributed by atoms with Crippen molar-refractivity contribution in [2.75, 3.05) is 0 Å². The molecule has 1 heterocycles. The smallest absolute Gasteiger partial charge is 0.0814 e. The second-order valence-corrected chi connectivity index (χ2v) is 5.56. The Bertz CT molecular complexity index is 456. The lowest BCUT2D eigenvalue weighted by atomic mass is 9.81. The summed E-state index contributed by atoms with van der Waals surface area (Å²) in [6.45, 7) is 6.86. The number of hydrogen-bond donors (Lipinski definition) is 0. The number of benzene rings is 1. The van der Waals surface area contributed by atoms with Crippen molar-refractivity contribution in [1.29, 1.82) is 0 Å². The Morgan fingerprint density at radius 3 is 2.87 bits per heavy atom. The highest BCUT2D eigenvalue weighted by Crippen LogP contribution is 2.31. The van der Waals surface area contributed by atoms with Crippen LogP contribution in [0.5, 0.6) is 0 Å². The summed E-state index contributed by atoms with van der Waals surface area (Å²) in [4.78, 5) is 4.37. The maximum Gasteiger partial charge on any atom is 0.0814 e. The van der Waals surface area contributed by atoms with Crippen LogP contribution in [0, 0.1) is 0 Å². The highest BCUT2D eigenvalue weighted by atomic mass is 32.1. The second kappa shape index (κ2) is 3.93. The average molecular weight is 219 g/mol. The van der Waals surface area contributed by atoms with Gasteiger partial charge in [-0.25, -0.2) is 4.98 Å². The molecule has 0 aliphatic heterocycles. The van der Waals surface area contributed by atoms with E-state index in [1.807, 2.05) is 5.51 Å². The van der Waals surface area contributed by atoms with E-state index in [1.54, 1.807) is 11.3 Å². The van der Waals surface area contributed by atoms with Gasteiger partial charge in [0.05, 0.1) is 15.7 Å². The number of aromatic nitrogens is 1. The third kappa shape index (κ3) is 2.05. The summed E-state index contributed by atoms with van der Waals surface area (Å²) in [6, 6.07) is 6.68. The number of hydrogen-bond acceptors (Lipinski definition) is 2. The van der Waals surface area contributed by atoms with Gasteiger partial charge in [-0.1, -0.05) is 33.3 Å². The van der Waals surface area contributed by atoms with E-state index < -0.39 is 0 Å². The van der Waals surface area contributed by atoms with Crippen molar-refractivity contribution in [3.8, 4) is 0 Å². The first-order valence-corrected chi connectivity index (χ1v) is 6.35. The molecule has 1 aromatic heterocycles. The molecule has 0 atom stereocenters. The Labute approximate surface area is 95.2 Å². The number of thiazole rings is 1. The first-order chi connectivity index (χ1) is 7.13. The van der Waals surface area contributed by atoms with E-state index in [0.717, 1.165) is 5.52 Å². The van der Waals surface area contributed by atoms with Gasteiger partial charge in [0.25, 0.3) is 0 Å². The standard InChI is InChI=1S/C13H17NS/c1-4-7-13(2,3)10-5-6-12-11(8-10)14-9-15-12/h5-6,8-9H,4,7H2,1-3H3. The van der Waals surface area contributed by atoms with Crippen molar-refractivity contribution in [2.24, 2.45) is 0 Å². The Morgan fingerprint density at radius 2 is 2.13 bits per heavy atom. The third-order valence-corrected chi connectivity index (χ3v) is 3.80. The van der Waals surface area contributed by atoms with E-state index in [-0.39, 0.29) is 5.41 Å². The summed E-state index contributed by atoms with van der Waals surface area (Å²) in [7, 11) is 0. The lowest BCUT2D eigenvalue weighted by molar-refractivity contribution is 0.473. The zero-order chi connectivity index (χ0) is 10.9. The van der Waals surface area contributed by atoms with Crippen LogP contribution in [0.1, 0.15) is 39.2 Å². The molecule has 0 aliphatic rings. The number of nitrogens with zero attached hydrogens (tertiary/aromatic N) is 1. The van der Waals surface area contributed by atoms with Crippen LogP contribution in [0.4, 0.5) is 0 Å². The van der Waals surface area contributed by atoms with Gasteiger partial charge in [-0.15, -0.1) is 11.3 Å². The summed E-state index contributed by atoms with van der Waals surface area (Å²) in [5.41, 5.74) is 4.73. The summed E-state index contributed by atoms with van der Waals surface area (Å²) >= 11 is 1.71. The molecule has 2 aromatic rings. The fourth-order valence-electron chi connectivity index (χ4n) is 2.05. The Kier molecular flexibility index (Phi) is 2.79. The third-order valence-electron chi connectivity index (χ3n) is 2.99. The number of fused-ring (bicyclic) bond motifs is 1. The van der Waals surface area contributed by atoms with Crippen LogP contribution in [0.2, 0.25) is 0 Å². The van der Waals surface area contributed by atoms with Gasteiger partial charge in [0.15, 0.2) is 0 Å². The molecule has 2 rings (SSSR count). The molecule has 80 valence electrons. The fourth-order valence-corrected chi connectivity index (χ4v) is 2.71. The molecular weight excluding hydrogens is 202 g/mol. The predicted octanol–water partition coefficient (Wildman–Crippen LogP) is 4.37. The Hall–Kier alpha value is -0.890. The van der Waals surface area contributed by atoms with Crippen LogP contribution in [-0.2, 0) is 5.41 Å². The van der Waals surface area contributed by atoms with Crippen LogP contribution in [0.15, 0.2) is 23.7 Å². The van der Waals surface area contributed by atoms with Crippen molar-refractivity contribution < 1.29 is 0 Å². The summed E-state index contributed by atoms with van der Waals surface area (Å²) in [5, 5.41) is 0. The number of rotatable bonds is 3. The van der Waals surface area contributed by atoms with E-state index >= 15 is 0 Å². The molecule has 1 nitrogen and oxygen atoms in total. The minimum Gasteiger partial charge on any atom is -0.245 e. The van der Waals surface area contributed by atoms with Gasteiger partial charge in [0.2, 0.25) is 0 Å². The summed E-state index contributed by atoms with van der Waals surface area (Å²) < 4.78 is 1.28. The molecule has 0 radical (unpaired) electrons. The molecule has 0 N–H and O–H groups in total. The van der Waals surface area contributed by atoms with Crippen LogP contribution < -0.4 is 0 Å². The highest BCUT2D eigenvalue weighted by Gasteiger charge is 2.19. The van der Waals surface area contributed by atoms with Crippen LogP contribution >= 0.6 is 11.3 Å². The normalized spacial score (nSPS) is 12.2. The molecule has 0 spiro atoms.